The van der Waals surface area contributed by atoms with Gasteiger partial charge in [0.25, 0.3) is 0 Å². The van der Waals surface area contributed by atoms with Gasteiger partial charge in [0.05, 0.1) is 26.3 Å². The van der Waals surface area contributed by atoms with Gasteiger partial charge in [0.2, 0.25) is 0 Å². The molecule has 0 saturated carbocycles. The molecule has 0 saturated heterocycles. The maximum Gasteiger partial charge on any atom is 0.165 e. The van der Waals surface area contributed by atoms with E-state index in [9.17, 15) is 4.39 Å². The number of aromatic nitrogens is 1. The molecule has 4 rings (SSSR count). The Kier molecular flexibility index (Phi) is 8.09. The summed E-state index contributed by atoms with van der Waals surface area (Å²) in [5, 5.41) is 0.844. The lowest BCUT2D eigenvalue weighted by molar-refractivity contribution is 0.294. The molecule has 0 unspecified atom stereocenters. The number of para-hydroxylation sites is 1. The van der Waals surface area contributed by atoms with E-state index in [2.05, 4.69) is 4.98 Å². The van der Waals surface area contributed by atoms with Crippen LogP contribution in [0.5, 0.6) is 28.7 Å². The summed E-state index contributed by atoms with van der Waals surface area (Å²) < 4.78 is 36.0. The predicted octanol–water partition coefficient (Wildman–Crippen LogP) is 7.13. The summed E-state index contributed by atoms with van der Waals surface area (Å²) >= 11 is 1.77. The standard InChI is InChI=1S/C27H26FNO4S/c1-30-26-17-21-23(18-27(26)31-2)29-14-13-24(21)33-19-9-11-20(12-10-19)34-16-6-5-15-32-25-8-4-3-7-22(25)28/h3-4,7-14,17-18H,5-6,15-16H2,1-2H3. The first-order valence-corrected chi connectivity index (χ1v) is 12.0. The van der Waals surface area contributed by atoms with Gasteiger partial charge in [0.1, 0.15) is 11.5 Å². The number of benzene rings is 3. The van der Waals surface area contributed by atoms with Gasteiger partial charge in [-0.25, -0.2) is 4.39 Å². The molecule has 4 aromatic rings. The summed E-state index contributed by atoms with van der Waals surface area (Å²) in [5.41, 5.74) is 0.765. The van der Waals surface area contributed by atoms with Crippen molar-refractivity contribution in [2.75, 3.05) is 26.6 Å². The highest BCUT2D eigenvalue weighted by Gasteiger charge is 2.11. The van der Waals surface area contributed by atoms with E-state index in [0.29, 0.717) is 29.6 Å². The van der Waals surface area contributed by atoms with Crippen molar-refractivity contribution in [3.8, 4) is 28.7 Å². The number of fused-ring (bicyclic) bond motifs is 1. The second-order valence-corrected chi connectivity index (χ2v) is 8.61. The summed E-state index contributed by atoms with van der Waals surface area (Å²) in [7, 11) is 3.20. The van der Waals surface area contributed by atoms with Crippen molar-refractivity contribution < 1.29 is 23.3 Å². The van der Waals surface area contributed by atoms with E-state index in [1.807, 2.05) is 42.5 Å². The van der Waals surface area contributed by atoms with Crippen LogP contribution in [0.15, 0.2) is 77.8 Å². The molecule has 176 valence electrons. The molecular weight excluding hydrogens is 453 g/mol. The van der Waals surface area contributed by atoms with Crippen molar-refractivity contribution in [2.45, 2.75) is 17.7 Å². The lowest BCUT2D eigenvalue weighted by Gasteiger charge is -2.12. The molecule has 0 fully saturated rings. The van der Waals surface area contributed by atoms with Crippen molar-refractivity contribution in [1.29, 1.82) is 0 Å². The average Bonchev–Trinajstić information content (AvgIpc) is 2.87. The van der Waals surface area contributed by atoms with E-state index in [0.717, 1.165) is 40.1 Å². The number of thioether (sulfide) groups is 1. The van der Waals surface area contributed by atoms with Crippen molar-refractivity contribution in [3.63, 3.8) is 0 Å². The SMILES string of the molecule is COc1cc2nccc(Oc3ccc(SCCCCOc4ccccc4F)cc3)c2cc1OC. The minimum Gasteiger partial charge on any atom is -0.493 e. The van der Waals surface area contributed by atoms with Gasteiger partial charge in [-0.1, -0.05) is 12.1 Å². The average molecular weight is 480 g/mol. The zero-order valence-electron chi connectivity index (χ0n) is 19.1. The normalized spacial score (nSPS) is 10.8. The van der Waals surface area contributed by atoms with Crippen molar-refractivity contribution in [1.82, 2.24) is 4.98 Å². The number of nitrogens with zero attached hydrogens (tertiary/aromatic N) is 1. The number of unbranched alkanes of at least 4 members (excludes halogenated alkanes) is 1. The fraction of sp³-hybridized carbons (Fsp3) is 0.222. The molecule has 3 aromatic carbocycles. The third kappa shape index (κ3) is 5.91. The van der Waals surface area contributed by atoms with E-state index in [-0.39, 0.29) is 5.82 Å². The molecule has 7 heteroatoms. The van der Waals surface area contributed by atoms with Crippen LogP contribution < -0.4 is 18.9 Å². The molecule has 0 aliphatic rings. The molecule has 0 bridgehead atoms. The number of hydrogen-bond acceptors (Lipinski definition) is 6. The van der Waals surface area contributed by atoms with Crippen molar-refractivity contribution >= 4 is 22.7 Å². The van der Waals surface area contributed by atoms with Crippen LogP contribution in [0, 0.1) is 5.82 Å². The van der Waals surface area contributed by atoms with Gasteiger partial charge in [-0.3, -0.25) is 4.98 Å². The minimum atomic E-state index is -0.321. The Balaban J connectivity index is 1.29. The van der Waals surface area contributed by atoms with Crippen LogP contribution in [0.4, 0.5) is 4.39 Å². The summed E-state index contributed by atoms with van der Waals surface area (Å²) in [6.45, 7) is 0.505. The monoisotopic (exact) mass is 479 g/mol. The van der Waals surface area contributed by atoms with Crippen LogP contribution in [0.1, 0.15) is 12.8 Å². The predicted molar refractivity (Wildman–Crippen MR) is 133 cm³/mol. The zero-order valence-corrected chi connectivity index (χ0v) is 19.9. The quantitative estimate of drug-likeness (QED) is 0.168. The first-order chi connectivity index (χ1) is 16.7. The summed E-state index contributed by atoms with van der Waals surface area (Å²) in [6, 6.07) is 20.0. The summed E-state index contributed by atoms with van der Waals surface area (Å²) in [4.78, 5) is 5.57. The molecular formula is C27H26FNO4S. The van der Waals surface area contributed by atoms with Gasteiger partial charge in [0, 0.05) is 22.5 Å². The molecule has 0 atom stereocenters. The summed E-state index contributed by atoms with van der Waals surface area (Å²) in [6.07, 6.45) is 3.56. The maximum atomic E-state index is 13.5. The van der Waals surface area contributed by atoms with Gasteiger partial charge in [-0.2, -0.15) is 0 Å². The Morgan fingerprint density at radius 2 is 1.59 bits per heavy atom. The Bertz CT molecular complexity index is 1230. The summed E-state index contributed by atoms with van der Waals surface area (Å²) in [5.74, 6) is 3.63. The van der Waals surface area contributed by atoms with E-state index >= 15 is 0 Å². The lowest BCUT2D eigenvalue weighted by atomic mass is 10.2. The van der Waals surface area contributed by atoms with Crippen LogP contribution in [-0.4, -0.2) is 31.6 Å². The van der Waals surface area contributed by atoms with Crippen LogP contribution in [0.3, 0.4) is 0 Å². The second-order valence-electron chi connectivity index (χ2n) is 7.44. The Morgan fingerprint density at radius 1 is 0.824 bits per heavy atom. The Morgan fingerprint density at radius 3 is 2.35 bits per heavy atom. The molecule has 1 aromatic heterocycles. The molecule has 0 spiro atoms. The number of methoxy groups -OCH3 is 2. The maximum absolute atomic E-state index is 13.5. The number of hydrogen-bond donors (Lipinski definition) is 0. The van der Waals surface area contributed by atoms with Gasteiger partial charge < -0.3 is 18.9 Å². The number of halogens is 1. The molecule has 1 heterocycles. The van der Waals surface area contributed by atoms with Gasteiger partial charge in [0.15, 0.2) is 23.1 Å². The first kappa shape index (κ1) is 23.7. The molecule has 0 N–H and O–H groups in total. The molecule has 0 aliphatic carbocycles. The topological polar surface area (TPSA) is 49.8 Å². The number of ether oxygens (including phenoxy) is 4. The van der Waals surface area contributed by atoms with E-state index in [1.165, 1.54) is 6.07 Å². The highest BCUT2D eigenvalue weighted by atomic mass is 32.2. The van der Waals surface area contributed by atoms with Gasteiger partial charge in [-0.05, 0) is 67.1 Å². The first-order valence-electron chi connectivity index (χ1n) is 11.0. The van der Waals surface area contributed by atoms with Crippen LogP contribution in [0.25, 0.3) is 10.9 Å². The Hall–Kier alpha value is -3.45. The number of pyridine rings is 1. The smallest absolute Gasteiger partial charge is 0.165 e. The van der Waals surface area contributed by atoms with E-state index in [1.54, 1.807) is 50.4 Å². The van der Waals surface area contributed by atoms with E-state index < -0.39 is 0 Å². The fourth-order valence-electron chi connectivity index (χ4n) is 3.41. The van der Waals surface area contributed by atoms with Gasteiger partial charge in [-0.15, -0.1) is 11.8 Å². The molecule has 0 radical (unpaired) electrons. The van der Waals surface area contributed by atoms with Crippen molar-refractivity contribution in [3.05, 3.63) is 78.7 Å². The third-order valence-corrected chi connectivity index (χ3v) is 6.26. The van der Waals surface area contributed by atoms with Gasteiger partial charge >= 0.3 is 0 Å². The third-order valence-electron chi connectivity index (χ3n) is 5.16. The lowest BCUT2D eigenvalue weighted by Crippen LogP contribution is -1.99. The Labute approximate surface area is 202 Å². The second kappa shape index (κ2) is 11.6. The zero-order chi connectivity index (χ0) is 23.8. The molecule has 5 nitrogen and oxygen atoms in total. The van der Waals surface area contributed by atoms with Crippen molar-refractivity contribution in [2.24, 2.45) is 0 Å². The number of rotatable bonds is 11. The largest absolute Gasteiger partial charge is 0.493 e. The fourth-order valence-corrected chi connectivity index (χ4v) is 4.32. The highest BCUT2D eigenvalue weighted by Crippen LogP contribution is 2.37. The van der Waals surface area contributed by atoms with E-state index in [4.69, 9.17) is 18.9 Å². The van der Waals surface area contributed by atoms with Crippen LogP contribution >= 0.6 is 11.8 Å². The molecule has 0 amide bonds. The molecule has 34 heavy (non-hydrogen) atoms. The van der Waals surface area contributed by atoms with Crippen LogP contribution in [-0.2, 0) is 0 Å². The minimum absolute atomic E-state index is 0.310. The highest BCUT2D eigenvalue weighted by molar-refractivity contribution is 7.99. The van der Waals surface area contributed by atoms with Crippen LogP contribution in [0.2, 0.25) is 0 Å². The molecule has 0 aliphatic heterocycles.